The lowest BCUT2D eigenvalue weighted by atomic mass is 10.0. The van der Waals surface area contributed by atoms with E-state index in [0.717, 1.165) is 25.7 Å². The quantitative estimate of drug-likeness (QED) is 0.800. The lowest BCUT2D eigenvalue weighted by Gasteiger charge is -2.36. The van der Waals surface area contributed by atoms with Gasteiger partial charge in [0, 0.05) is 22.5 Å². The molecule has 0 N–H and O–H groups in total. The van der Waals surface area contributed by atoms with E-state index in [9.17, 15) is 4.79 Å². The molecule has 0 aromatic heterocycles. The monoisotopic (exact) mass is 313 g/mol. The summed E-state index contributed by atoms with van der Waals surface area (Å²) in [6, 6.07) is 7.66. The van der Waals surface area contributed by atoms with Crippen molar-refractivity contribution in [3.63, 3.8) is 0 Å². The van der Waals surface area contributed by atoms with E-state index in [-0.39, 0.29) is 17.9 Å². The van der Waals surface area contributed by atoms with Crippen molar-refractivity contribution in [1.29, 1.82) is 0 Å². The van der Waals surface area contributed by atoms with Crippen molar-refractivity contribution in [2.75, 3.05) is 6.61 Å². The Bertz CT molecular complexity index is 477. The molecule has 0 radical (unpaired) electrons. The fraction of sp³-hybridized carbons (Fsp3) is 0.533. The molecule has 2 fully saturated rings. The molecule has 0 spiro atoms. The van der Waals surface area contributed by atoms with Gasteiger partial charge in [-0.2, -0.15) is 0 Å². The standard InChI is InChI=1S/C15H17Cl2NO2/c16-10-1-5-14(6-2-10)20-9-15(19)18-12-3-4-13(18)8-11(17)7-12/h1-2,5-6,11-13H,3-4,7-9H2. The van der Waals surface area contributed by atoms with Crippen molar-refractivity contribution >= 4 is 29.1 Å². The van der Waals surface area contributed by atoms with E-state index in [0.29, 0.717) is 22.9 Å². The lowest BCUT2D eigenvalue weighted by molar-refractivity contribution is -0.137. The fourth-order valence-electron chi connectivity index (χ4n) is 3.27. The number of carbonyl (C=O) groups is 1. The Hall–Kier alpha value is -0.930. The van der Waals surface area contributed by atoms with Crippen molar-refractivity contribution < 1.29 is 9.53 Å². The summed E-state index contributed by atoms with van der Waals surface area (Å²) in [6.45, 7) is 0.0849. The first-order chi connectivity index (χ1) is 9.63. The van der Waals surface area contributed by atoms with Gasteiger partial charge in [-0.1, -0.05) is 11.6 Å². The third-order valence-electron chi connectivity index (χ3n) is 4.14. The molecule has 2 saturated heterocycles. The summed E-state index contributed by atoms with van der Waals surface area (Å²) >= 11 is 12.0. The van der Waals surface area contributed by atoms with Crippen LogP contribution in [-0.4, -0.2) is 34.9 Å². The molecule has 0 aliphatic carbocycles. The molecule has 3 rings (SSSR count). The summed E-state index contributed by atoms with van der Waals surface area (Å²) in [5.74, 6) is 0.735. The Labute approximate surface area is 128 Å². The summed E-state index contributed by atoms with van der Waals surface area (Å²) in [6.07, 6.45) is 3.95. The van der Waals surface area contributed by atoms with Gasteiger partial charge < -0.3 is 9.64 Å². The average Bonchev–Trinajstić information content (AvgIpc) is 2.70. The molecule has 2 aliphatic heterocycles. The first-order valence-electron chi connectivity index (χ1n) is 6.97. The number of ether oxygens (including phenoxy) is 1. The van der Waals surface area contributed by atoms with Crippen molar-refractivity contribution in [1.82, 2.24) is 4.90 Å². The number of halogens is 2. The highest BCUT2D eigenvalue weighted by Crippen LogP contribution is 2.37. The van der Waals surface area contributed by atoms with E-state index < -0.39 is 0 Å². The Balaban J connectivity index is 1.58. The molecule has 2 heterocycles. The summed E-state index contributed by atoms with van der Waals surface area (Å²) in [4.78, 5) is 14.3. The van der Waals surface area contributed by atoms with Crippen molar-refractivity contribution in [3.05, 3.63) is 29.3 Å². The fourth-order valence-corrected chi connectivity index (χ4v) is 3.81. The zero-order chi connectivity index (χ0) is 14.1. The molecule has 2 unspecified atom stereocenters. The van der Waals surface area contributed by atoms with Crippen LogP contribution in [-0.2, 0) is 4.79 Å². The molecular weight excluding hydrogens is 297 g/mol. The molecule has 5 heteroatoms. The molecular formula is C15H17Cl2NO2. The van der Waals surface area contributed by atoms with Gasteiger partial charge in [-0.25, -0.2) is 0 Å². The molecule has 20 heavy (non-hydrogen) atoms. The van der Waals surface area contributed by atoms with Gasteiger partial charge in [0.25, 0.3) is 5.91 Å². The summed E-state index contributed by atoms with van der Waals surface area (Å²) < 4.78 is 5.54. The topological polar surface area (TPSA) is 29.5 Å². The first-order valence-corrected chi connectivity index (χ1v) is 7.78. The van der Waals surface area contributed by atoms with E-state index in [4.69, 9.17) is 27.9 Å². The Morgan fingerprint density at radius 3 is 2.40 bits per heavy atom. The lowest BCUT2D eigenvalue weighted by Crippen LogP contribution is -2.48. The molecule has 3 nitrogen and oxygen atoms in total. The van der Waals surface area contributed by atoms with Crippen LogP contribution in [0.1, 0.15) is 25.7 Å². The number of amides is 1. The molecule has 2 aliphatic rings. The van der Waals surface area contributed by atoms with Gasteiger partial charge in [-0.05, 0) is 49.9 Å². The third kappa shape index (κ3) is 2.89. The Kier molecular flexibility index (Phi) is 4.08. The molecule has 1 aromatic carbocycles. The minimum absolute atomic E-state index is 0.0658. The van der Waals surface area contributed by atoms with E-state index in [1.807, 2.05) is 4.90 Å². The maximum Gasteiger partial charge on any atom is 0.261 e. The number of piperidine rings is 1. The number of benzene rings is 1. The van der Waals surface area contributed by atoms with Gasteiger partial charge in [0.05, 0.1) is 0 Å². The average molecular weight is 314 g/mol. The summed E-state index contributed by atoms with van der Waals surface area (Å²) in [7, 11) is 0. The normalized spacial score (nSPS) is 28.5. The highest BCUT2D eigenvalue weighted by atomic mass is 35.5. The van der Waals surface area contributed by atoms with Gasteiger partial charge in [-0.15, -0.1) is 11.6 Å². The second-order valence-electron chi connectivity index (χ2n) is 5.50. The first kappa shape index (κ1) is 14.0. The van der Waals surface area contributed by atoms with Crippen LogP contribution in [0, 0.1) is 0 Å². The number of alkyl halides is 1. The molecule has 2 atom stereocenters. The molecule has 1 amide bonds. The second kappa shape index (κ2) is 5.82. The highest BCUT2D eigenvalue weighted by Gasteiger charge is 2.42. The van der Waals surface area contributed by atoms with Gasteiger partial charge in [0.2, 0.25) is 0 Å². The van der Waals surface area contributed by atoms with Crippen molar-refractivity contribution in [3.8, 4) is 5.75 Å². The number of hydrogen-bond acceptors (Lipinski definition) is 2. The minimum Gasteiger partial charge on any atom is -0.484 e. The predicted octanol–water partition coefficient (Wildman–Crippen LogP) is 3.48. The Morgan fingerprint density at radius 2 is 1.80 bits per heavy atom. The summed E-state index contributed by atoms with van der Waals surface area (Å²) in [5, 5.41) is 0.875. The van der Waals surface area contributed by atoms with Crippen molar-refractivity contribution in [2.24, 2.45) is 0 Å². The van der Waals surface area contributed by atoms with Crippen molar-refractivity contribution in [2.45, 2.75) is 43.1 Å². The third-order valence-corrected chi connectivity index (χ3v) is 4.75. The molecule has 1 aromatic rings. The SMILES string of the molecule is O=C(COc1ccc(Cl)cc1)N1C2CCC1CC(Cl)C2. The van der Waals surface area contributed by atoms with Crippen LogP contribution in [0.5, 0.6) is 5.75 Å². The smallest absolute Gasteiger partial charge is 0.261 e. The van der Waals surface area contributed by atoms with Crippen LogP contribution in [0.2, 0.25) is 5.02 Å². The Morgan fingerprint density at radius 1 is 1.20 bits per heavy atom. The molecule has 0 saturated carbocycles. The van der Waals surface area contributed by atoms with E-state index in [1.165, 1.54) is 0 Å². The van der Waals surface area contributed by atoms with Crippen LogP contribution in [0.4, 0.5) is 0 Å². The second-order valence-corrected chi connectivity index (χ2v) is 6.55. The van der Waals surface area contributed by atoms with Gasteiger partial charge in [0.15, 0.2) is 6.61 Å². The molecule has 108 valence electrons. The van der Waals surface area contributed by atoms with Crippen LogP contribution >= 0.6 is 23.2 Å². The maximum absolute atomic E-state index is 12.3. The van der Waals surface area contributed by atoms with Crippen LogP contribution in [0.3, 0.4) is 0 Å². The minimum atomic E-state index is 0.0658. The molecule has 2 bridgehead atoms. The largest absolute Gasteiger partial charge is 0.484 e. The van der Waals surface area contributed by atoms with Crippen LogP contribution < -0.4 is 4.74 Å². The number of nitrogens with zero attached hydrogens (tertiary/aromatic N) is 1. The number of fused-ring (bicyclic) bond motifs is 2. The number of carbonyl (C=O) groups excluding carboxylic acids is 1. The van der Waals surface area contributed by atoms with Crippen LogP contribution in [0.25, 0.3) is 0 Å². The van der Waals surface area contributed by atoms with E-state index in [2.05, 4.69) is 0 Å². The van der Waals surface area contributed by atoms with Gasteiger partial charge in [-0.3, -0.25) is 4.79 Å². The highest BCUT2D eigenvalue weighted by molar-refractivity contribution is 6.30. The maximum atomic E-state index is 12.3. The van der Waals surface area contributed by atoms with E-state index >= 15 is 0 Å². The van der Waals surface area contributed by atoms with E-state index in [1.54, 1.807) is 24.3 Å². The van der Waals surface area contributed by atoms with Crippen LogP contribution in [0.15, 0.2) is 24.3 Å². The number of hydrogen-bond donors (Lipinski definition) is 0. The predicted molar refractivity (Wildman–Crippen MR) is 79.5 cm³/mol. The number of rotatable bonds is 3. The zero-order valence-electron chi connectivity index (χ0n) is 11.1. The van der Waals surface area contributed by atoms with Gasteiger partial charge in [0.1, 0.15) is 5.75 Å². The van der Waals surface area contributed by atoms with Gasteiger partial charge >= 0.3 is 0 Å². The summed E-state index contributed by atoms with van der Waals surface area (Å²) in [5.41, 5.74) is 0. The zero-order valence-corrected chi connectivity index (χ0v) is 12.6.